The summed E-state index contributed by atoms with van der Waals surface area (Å²) in [4.78, 5) is 11.5. The van der Waals surface area contributed by atoms with E-state index in [1.807, 2.05) is 12.1 Å². The van der Waals surface area contributed by atoms with Gasteiger partial charge >= 0.3 is 0 Å². The Morgan fingerprint density at radius 3 is 3.06 bits per heavy atom. The van der Waals surface area contributed by atoms with Crippen molar-refractivity contribution >= 4 is 5.91 Å². The first-order valence-corrected chi connectivity index (χ1v) is 6.24. The summed E-state index contributed by atoms with van der Waals surface area (Å²) in [7, 11) is 0. The fourth-order valence-corrected chi connectivity index (χ4v) is 1.77. The van der Waals surface area contributed by atoms with Gasteiger partial charge in [0.05, 0.1) is 6.26 Å². The van der Waals surface area contributed by atoms with Gasteiger partial charge in [0.2, 0.25) is 5.91 Å². The van der Waals surface area contributed by atoms with Crippen molar-refractivity contribution in [3.05, 3.63) is 24.2 Å². The Balaban J connectivity index is 1.45. The first-order valence-electron chi connectivity index (χ1n) is 6.24. The van der Waals surface area contributed by atoms with Crippen LogP contribution in [0.4, 0.5) is 0 Å². The second-order valence-corrected chi connectivity index (χ2v) is 4.40. The zero-order valence-electron chi connectivity index (χ0n) is 9.98. The summed E-state index contributed by atoms with van der Waals surface area (Å²) in [5.74, 6) is 1.32. The van der Waals surface area contributed by atoms with E-state index in [4.69, 9.17) is 9.15 Å². The van der Waals surface area contributed by atoms with Crippen molar-refractivity contribution in [2.24, 2.45) is 5.92 Å². The van der Waals surface area contributed by atoms with Crippen LogP contribution in [0.15, 0.2) is 22.8 Å². The number of hydrogen-bond donors (Lipinski definition) is 1. The lowest BCUT2D eigenvalue weighted by Crippen LogP contribution is -2.35. The van der Waals surface area contributed by atoms with Crippen LogP contribution in [0, 0.1) is 5.92 Å². The van der Waals surface area contributed by atoms with Crippen molar-refractivity contribution in [3.63, 3.8) is 0 Å². The summed E-state index contributed by atoms with van der Waals surface area (Å²) in [5, 5.41) is 2.94. The maximum Gasteiger partial charge on any atom is 0.223 e. The number of amides is 1. The lowest BCUT2D eigenvalue weighted by molar-refractivity contribution is -0.127. The highest BCUT2D eigenvalue weighted by Crippen LogP contribution is 2.25. The molecule has 4 nitrogen and oxygen atoms in total. The zero-order chi connectivity index (χ0) is 11.9. The third kappa shape index (κ3) is 3.89. The summed E-state index contributed by atoms with van der Waals surface area (Å²) in [6, 6.07) is 3.73. The molecule has 0 saturated heterocycles. The average Bonchev–Trinajstić information content (AvgIpc) is 2.73. The molecule has 1 aromatic rings. The molecule has 4 heteroatoms. The molecule has 0 bridgehead atoms. The molecule has 0 aromatic carbocycles. The standard InChI is InChI=1S/C13H19NO3/c15-13(11-4-1-5-11)14-7-3-8-16-10-12-6-2-9-17-12/h2,6,9,11H,1,3-5,7-8,10H2,(H,14,15). The molecule has 1 amide bonds. The number of carbonyl (C=O) groups excluding carboxylic acids is 1. The van der Waals surface area contributed by atoms with E-state index >= 15 is 0 Å². The van der Waals surface area contributed by atoms with Crippen LogP contribution in [0.2, 0.25) is 0 Å². The van der Waals surface area contributed by atoms with Gasteiger partial charge in [-0.25, -0.2) is 0 Å². The van der Waals surface area contributed by atoms with Gasteiger partial charge in [-0.05, 0) is 31.4 Å². The summed E-state index contributed by atoms with van der Waals surface area (Å²) >= 11 is 0. The van der Waals surface area contributed by atoms with Crippen molar-refractivity contribution in [1.82, 2.24) is 5.32 Å². The normalized spacial score (nSPS) is 15.5. The highest BCUT2D eigenvalue weighted by Gasteiger charge is 2.24. The van der Waals surface area contributed by atoms with Crippen LogP contribution in [-0.4, -0.2) is 19.1 Å². The SMILES string of the molecule is O=C(NCCCOCc1ccco1)C1CCC1. The molecule has 1 aliphatic carbocycles. The Labute approximate surface area is 101 Å². The van der Waals surface area contributed by atoms with Crippen LogP contribution in [0.3, 0.4) is 0 Å². The first-order chi connectivity index (χ1) is 8.36. The van der Waals surface area contributed by atoms with Crippen LogP contribution in [-0.2, 0) is 16.1 Å². The van der Waals surface area contributed by atoms with Crippen LogP contribution >= 0.6 is 0 Å². The van der Waals surface area contributed by atoms with E-state index in [9.17, 15) is 4.79 Å². The summed E-state index contributed by atoms with van der Waals surface area (Å²) in [6.45, 7) is 1.85. The van der Waals surface area contributed by atoms with Gasteiger partial charge < -0.3 is 14.5 Å². The van der Waals surface area contributed by atoms with Crippen LogP contribution in [0.25, 0.3) is 0 Å². The van der Waals surface area contributed by atoms with E-state index in [1.54, 1.807) is 6.26 Å². The molecule has 1 heterocycles. The molecule has 1 saturated carbocycles. The van der Waals surface area contributed by atoms with Crippen LogP contribution in [0.5, 0.6) is 0 Å². The Hall–Kier alpha value is -1.29. The van der Waals surface area contributed by atoms with Crippen molar-refractivity contribution in [2.75, 3.05) is 13.2 Å². The van der Waals surface area contributed by atoms with Crippen molar-refractivity contribution < 1.29 is 13.9 Å². The minimum atomic E-state index is 0.210. The summed E-state index contributed by atoms with van der Waals surface area (Å²) in [6.07, 6.45) is 5.79. The van der Waals surface area contributed by atoms with Gasteiger partial charge in [0.1, 0.15) is 12.4 Å². The number of carbonyl (C=O) groups is 1. The van der Waals surface area contributed by atoms with Gasteiger partial charge in [0, 0.05) is 19.1 Å². The van der Waals surface area contributed by atoms with E-state index in [-0.39, 0.29) is 11.8 Å². The second kappa shape index (κ2) is 6.45. The molecule has 94 valence electrons. The fraction of sp³-hybridized carbons (Fsp3) is 0.615. The minimum absolute atomic E-state index is 0.210. The third-order valence-corrected chi connectivity index (χ3v) is 3.07. The Bertz CT molecular complexity index is 330. The lowest BCUT2D eigenvalue weighted by Gasteiger charge is -2.23. The fourth-order valence-electron chi connectivity index (χ4n) is 1.77. The average molecular weight is 237 g/mol. The van der Waals surface area contributed by atoms with E-state index < -0.39 is 0 Å². The number of ether oxygens (including phenoxy) is 1. The number of furan rings is 1. The molecule has 1 aromatic heterocycles. The molecule has 0 atom stereocenters. The number of hydrogen-bond acceptors (Lipinski definition) is 3. The zero-order valence-corrected chi connectivity index (χ0v) is 9.98. The Kier molecular flexibility index (Phi) is 4.62. The van der Waals surface area contributed by atoms with Crippen molar-refractivity contribution in [2.45, 2.75) is 32.3 Å². The van der Waals surface area contributed by atoms with Crippen LogP contribution in [0.1, 0.15) is 31.4 Å². The molecule has 1 fully saturated rings. The molecule has 17 heavy (non-hydrogen) atoms. The monoisotopic (exact) mass is 237 g/mol. The largest absolute Gasteiger partial charge is 0.467 e. The maximum absolute atomic E-state index is 11.5. The number of nitrogens with one attached hydrogen (secondary N) is 1. The van der Waals surface area contributed by atoms with Gasteiger partial charge in [-0.1, -0.05) is 6.42 Å². The third-order valence-electron chi connectivity index (χ3n) is 3.07. The minimum Gasteiger partial charge on any atom is -0.467 e. The van der Waals surface area contributed by atoms with E-state index in [0.717, 1.165) is 25.0 Å². The van der Waals surface area contributed by atoms with E-state index in [1.165, 1.54) is 6.42 Å². The molecule has 0 spiro atoms. The molecule has 0 unspecified atom stereocenters. The van der Waals surface area contributed by atoms with Gasteiger partial charge in [-0.2, -0.15) is 0 Å². The Morgan fingerprint density at radius 1 is 1.53 bits per heavy atom. The molecule has 0 aliphatic heterocycles. The maximum atomic E-state index is 11.5. The van der Waals surface area contributed by atoms with Crippen molar-refractivity contribution in [3.8, 4) is 0 Å². The molecule has 0 radical (unpaired) electrons. The van der Waals surface area contributed by atoms with Crippen LogP contribution < -0.4 is 5.32 Å². The molecule has 2 rings (SSSR count). The summed E-state index contributed by atoms with van der Waals surface area (Å²) < 4.78 is 10.6. The first kappa shape index (κ1) is 12.2. The lowest BCUT2D eigenvalue weighted by atomic mass is 9.85. The highest BCUT2D eigenvalue weighted by atomic mass is 16.5. The predicted molar refractivity (Wildman–Crippen MR) is 63.3 cm³/mol. The Morgan fingerprint density at radius 2 is 2.41 bits per heavy atom. The molecule has 1 N–H and O–H groups in total. The van der Waals surface area contributed by atoms with Gasteiger partial charge in [0.15, 0.2) is 0 Å². The molecular formula is C13H19NO3. The van der Waals surface area contributed by atoms with Crippen molar-refractivity contribution in [1.29, 1.82) is 0 Å². The summed E-state index contributed by atoms with van der Waals surface area (Å²) in [5.41, 5.74) is 0. The van der Waals surface area contributed by atoms with E-state index in [2.05, 4.69) is 5.32 Å². The molecular weight excluding hydrogens is 218 g/mol. The topological polar surface area (TPSA) is 51.5 Å². The number of rotatable bonds is 7. The smallest absolute Gasteiger partial charge is 0.223 e. The highest BCUT2D eigenvalue weighted by molar-refractivity contribution is 5.79. The van der Waals surface area contributed by atoms with E-state index in [0.29, 0.717) is 19.8 Å². The second-order valence-electron chi connectivity index (χ2n) is 4.40. The van der Waals surface area contributed by atoms with Gasteiger partial charge in [-0.3, -0.25) is 4.79 Å². The quantitative estimate of drug-likeness (QED) is 0.739. The van der Waals surface area contributed by atoms with Gasteiger partial charge in [-0.15, -0.1) is 0 Å². The molecule has 1 aliphatic rings. The van der Waals surface area contributed by atoms with Gasteiger partial charge in [0.25, 0.3) is 0 Å². The predicted octanol–water partition coefficient (Wildman–Crippen LogP) is 2.10.